The normalized spacial score (nSPS) is 39.2. The van der Waals surface area contributed by atoms with E-state index in [4.69, 9.17) is 33.3 Å². The van der Waals surface area contributed by atoms with E-state index in [2.05, 4.69) is 15.5 Å². The number of carbonyl (C=O) groups excluding carboxylic acids is 2. The van der Waals surface area contributed by atoms with E-state index in [1.54, 1.807) is 85.4 Å². The molecular formula is C55H87FN4O14. The van der Waals surface area contributed by atoms with Crippen LogP contribution < -0.4 is 5.32 Å². The fourth-order valence-electron chi connectivity index (χ4n) is 11.9. The average Bonchev–Trinajstić information content (AvgIpc) is 3.38. The molecule has 0 aliphatic carbocycles. The Morgan fingerprint density at radius 2 is 1.61 bits per heavy atom. The molecular weight excluding hydrogens is 960 g/mol. The first-order chi connectivity index (χ1) is 34.8. The molecule has 1 unspecified atom stereocenters. The van der Waals surface area contributed by atoms with Crippen LogP contribution in [0.15, 0.2) is 53.9 Å². The number of nitrogens with one attached hydrogen (secondary N) is 1. The van der Waals surface area contributed by atoms with E-state index in [-0.39, 0.29) is 32.2 Å². The van der Waals surface area contributed by atoms with Crippen molar-refractivity contribution >= 4 is 17.6 Å². The van der Waals surface area contributed by atoms with Crippen LogP contribution in [0, 0.1) is 29.6 Å². The number of methoxy groups -OCH3 is 2. The first-order valence-electron chi connectivity index (χ1n) is 26.2. The monoisotopic (exact) mass is 1050 g/mol. The van der Waals surface area contributed by atoms with Crippen molar-refractivity contribution in [1.29, 1.82) is 0 Å². The zero-order valence-corrected chi connectivity index (χ0v) is 46.0. The van der Waals surface area contributed by atoms with Gasteiger partial charge in [0.25, 0.3) is 0 Å². The molecule has 0 saturated carbocycles. The van der Waals surface area contributed by atoms with Crippen LogP contribution in [0.3, 0.4) is 0 Å². The number of hydrogen-bond acceptors (Lipinski definition) is 17. The molecule has 1 aromatic carbocycles. The standard InChI is InChI=1S/C55H87FN4O14/c1-15-42-55(10,67)48(64)34(6)45(59-70-14)30(2)26-54(9,69-13)50(32(4)44(33(5)51(66)73-42)41-27-53(8,68-12)49(65)35(7)72-41)74-52-47(63)40(25-31(3)71-52)60(11)24-22-43(61)58-39(28-56)46(62)37-20-18-36(19-21-37)38-17-16-23-57-29-38/h16-21,23,29-35,39-42,44,46-50,52,62-65,67H,15,22,24-28H2,1-14H3,(H,58,61)/b59-45-/t30-,31-,32+,33-,34+,35+,39-,40+,41?,42-,44+,46-,47-,48-,49+,50-,52+,53-,54-,55-/m1/s1. The minimum absolute atomic E-state index is 0.0830. The van der Waals surface area contributed by atoms with Gasteiger partial charge in [0.15, 0.2) is 6.29 Å². The number of cyclic esters (lactones) is 1. The molecule has 6 N–H and O–H groups in total. The van der Waals surface area contributed by atoms with E-state index in [0.29, 0.717) is 17.7 Å². The molecule has 0 spiro atoms. The van der Waals surface area contributed by atoms with Crippen LogP contribution in [-0.2, 0) is 42.8 Å². The third-order valence-corrected chi connectivity index (χ3v) is 16.6. The molecule has 3 aliphatic rings. The number of halogens is 1. The van der Waals surface area contributed by atoms with Crippen molar-refractivity contribution in [3.8, 4) is 11.1 Å². The number of hydrogen-bond donors (Lipinski definition) is 6. The van der Waals surface area contributed by atoms with Crippen LogP contribution >= 0.6 is 0 Å². The molecule has 0 radical (unpaired) electrons. The van der Waals surface area contributed by atoms with Crippen molar-refractivity contribution in [3.63, 3.8) is 0 Å². The maximum absolute atomic E-state index is 14.7. The van der Waals surface area contributed by atoms with Crippen molar-refractivity contribution < 1.29 is 72.8 Å². The van der Waals surface area contributed by atoms with Gasteiger partial charge in [0.2, 0.25) is 5.91 Å². The molecule has 4 heterocycles. The number of esters is 1. The molecule has 3 saturated heterocycles. The summed E-state index contributed by atoms with van der Waals surface area (Å²) in [4.78, 5) is 39.5. The predicted molar refractivity (Wildman–Crippen MR) is 275 cm³/mol. The van der Waals surface area contributed by atoms with E-state index < -0.39 is 138 Å². The maximum Gasteiger partial charge on any atom is 0.309 e. The Hall–Kier alpha value is -3.73. The van der Waals surface area contributed by atoms with Crippen LogP contribution in [0.2, 0.25) is 0 Å². The van der Waals surface area contributed by atoms with Gasteiger partial charge >= 0.3 is 5.97 Å². The highest BCUT2D eigenvalue weighted by molar-refractivity contribution is 5.89. The van der Waals surface area contributed by atoms with Gasteiger partial charge in [-0.15, -0.1) is 0 Å². The lowest BCUT2D eigenvalue weighted by Gasteiger charge is -2.52. The summed E-state index contributed by atoms with van der Waals surface area (Å²) in [6.07, 6.45) is -6.25. The molecule has 20 atom stereocenters. The number of benzene rings is 1. The number of aliphatic hydroxyl groups is 5. The van der Waals surface area contributed by atoms with Crippen LogP contribution in [0.25, 0.3) is 11.1 Å². The van der Waals surface area contributed by atoms with Crippen molar-refractivity contribution in [3.05, 3.63) is 54.4 Å². The smallest absolute Gasteiger partial charge is 0.309 e. The number of rotatable bonds is 16. The van der Waals surface area contributed by atoms with Gasteiger partial charge in [-0.2, -0.15) is 0 Å². The number of nitrogens with zero attached hydrogens (tertiary/aromatic N) is 3. The van der Waals surface area contributed by atoms with Crippen LogP contribution in [0.1, 0.15) is 113 Å². The Balaban J connectivity index is 1.46. The third-order valence-electron chi connectivity index (χ3n) is 16.6. The lowest BCUT2D eigenvalue weighted by atomic mass is 9.67. The lowest BCUT2D eigenvalue weighted by molar-refractivity contribution is -0.305. The summed E-state index contributed by atoms with van der Waals surface area (Å²) in [6, 6.07) is 8.91. The summed E-state index contributed by atoms with van der Waals surface area (Å²) in [7, 11) is 6.22. The number of aromatic nitrogens is 1. The van der Waals surface area contributed by atoms with E-state index in [0.717, 1.165) is 11.1 Å². The second kappa shape index (κ2) is 26.1. The Morgan fingerprint density at radius 3 is 2.19 bits per heavy atom. The summed E-state index contributed by atoms with van der Waals surface area (Å²) in [5.74, 6) is -4.84. The number of aliphatic hydroxyl groups excluding tert-OH is 4. The van der Waals surface area contributed by atoms with Crippen LogP contribution in [0.5, 0.6) is 0 Å². The Kier molecular flexibility index (Phi) is 21.5. The highest BCUT2D eigenvalue weighted by Gasteiger charge is 2.56. The first-order valence-corrected chi connectivity index (χ1v) is 26.2. The number of amides is 1. The summed E-state index contributed by atoms with van der Waals surface area (Å²) in [6.45, 7) is 16.8. The number of oxime groups is 1. The van der Waals surface area contributed by atoms with Gasteiger partial charge in [-0.1, -0.05) is 70.1 Å². The van der Waals surface area contributed by atoms with Crippen molar-refractivity contribution in [2.75, 3.05) is 41.6 Å². The Bertz CT molecular complexity index is 2130. The second-order valence-electron chi connectivity index (χ2n) is 21.9. The summed E-state index contributed by atoms with van der Waals surface area (Å²) >= 11 is 0. The van der Waals surface area contributed by atoms with Crippen molar-refractivity contribution in [2.45, 2.75) is 191 Å². The number of carbonyl (C=O) groups is 2. The summed E-state index contributed by atoms with van der Waals surface area (Å²) in [5, 5.41) is 65.9. The molecule has 3 fully saturated rings. The first kappa shape index (κ1) is 61.1. The second-order valence-corrected chi connectivity index (χ2v) is 21.9. The number of ether oxygens (including phenoxy) is 6. The summed E-state index contributed by atoms with van der Waals surface area (Å²) < 4.78 is 53.4. The van der Waals surface area contributed by atoms with Gasteiger partial charge in [0, 0.05) is 69.8 Å². The number of likely N-dealkylation sites (N-methyl/N-ethyl adjacent to an activating group) is 1. The topological polar surface area (TPSA) is 240 Å². The van der Waals surface area contributed by atoms with Crippen LogP contribution in [-0.4, -0.2) is 179 Å². The zero-order valence-electron chi connectivity index (χ0n) is 46.0. The molecule has 2 aromatic rings. The Labute approximate surface area is 437 Å². The molecule has 1 aromatic heterocycles. The van der Waals surface area contributed by atoms with E-state index in [9.17, 15) is 39.5 Å². The fourth-order valence-corrected chi connectivity index (χ4v) is 11.9. The van der Waals surface area contributed by atoms with Gasteiger partial charge in [0.1, 0.15) is 43.8 Å². The third kappa shape index (κ3) is 13.7. The van der Waals surface area contributed by atoms with Crippen LogP contribution in [0.4, 0.5) is 4.39 Å². The van der Waals surface area contributed by atoms with Crippen molar-refractivity contribution in [1.82, 2.24) is 15.2 Å². The quantitative estimate of drug-likeness (QED) is 0.0941. The average molecular weight is 1050 g/mol. The molecule has 5 rings (SSSR count). The van der Waals surface area contributed by atoms with Gasteiger partial charge in [-0.3, -0.25) is 14.6 Å². The Morgan fingerprint density at radius 1 is 0.946 bits per heavy atom. The van der Waals surface area contributed by atoms with Gasteiger partial charge in [-0.05, 0) is 89.6 Å². The lowest BCUT2D eigenvalue weighted by Crippen LogP contribution is -2.62. The minimum Gasteiger partial charge on any atom is -0.459 e. The fraction of sp³-hybridized carbons (Fsp3) is 0.745. The predicted octanol–water partition coefficient (Wildman–Crippen LogP) is 5.16. The molecule has 74 heavy (non-hydrogen) atoms. The van der Waals surface area contributed by atoms with E-state index in [1.165, 1.54) is 21.1 Å². The highest BCUT2D eigenvalue weighted by atomic mass is 19.1. The van der Waals surface area contributed by atoms with Gasteiger partial charge in [-0.25, -0.2) is 4.39 Å². The zero-order chi connectivity index (χ0) is 55.0. The maximum atomic E-state index is 14.7. The highest BCUT2D eigenvalue weighted by Crippen LogP contribution is 2.46. The van der Waals surface area contributed by atoms with E-state index >= 15 is 0 Å². The minimum atomic E-state index is -1.93. The largest absolute Gasteiger partial charge is 0.459 e. The SMILES string of the molecule is CC[C@H]1OC(=O)[C@H](C)[C@@H](C2C[C@@](C)(OC)[C@@H](O)[C@H](C)O2)[C@H](C)[C@@H](O[C@@H]2O[C@H](C)C[C@H](N(C)CCC(=O)N[C@H](CF)[C@H](O)c3ccc(-c4cccnc4)cc3)[C@H]2O)[C@](C)(OC)C[C@@H](C)/C(=N/OC)[C@H](C)[C@@H](O)[C@]1(C)O. The summed E-state index contributed by atoms with van der Waals surface area (Å²) in [5.41, 5.74) is -1.69. The van der Waals surface area contributed by atoms with Gasteiger partial charge < -0.3 is 69.0 Å². The number of alkyl halides is 1. The molecule has 18 nitrogen and oxygen atoms in total. The molecule has 19 heteroatoms. The van der Waals surface area contributed by atoms with Gasteiger partial charge in [0.05, 0.1) is 59.4 Å². The molecule has 1 amide bonds. The molecule has 418 valence electrons. The molecule has 0 bridgehead atoms. The molecule has 3 aliphatic heterocycles. The number of pyridine rings is 1. The van der Waals surface area contributed by atoms with Crippen molar-refractivity contribution in [2.24, 2.45) is 34.7 Å². The van der Waals surface area contributed by atoms with E-state index in [1.807, 2.05) is 44.7 Å².